The van der Waals surface area contributed by atoms with E-state index in [9.17, 15) is 0 Å². The van der Waals surface area contributed by atoms with Crippen molar-refractivity contribution in [3.63, 3.8) is 0 Å². The molecule has 1 aliphatic rings. The maximum Gasteiger partial charge on any atom is 0.0452 e. The van der Waals surface area contributed by atoms with E-state index in [2.05, 4.69) is 31.8 Å². The summed E-state index contributed by atoms with van der Waals surface area (Å²) in [6.07, 6.45) is 12.0. The summed E-state index contributed by atoms with van der Waals surface area (Å²) >= 11 is 0. The summed E-state index contributed by atoms with van der Waals surface area (Å²) in [7, 11) is -0.00360. The molecule has 0 bridgehead atoms. The Morgan fingerprint density at radius 1 is 1.58 bits per heavy atom. The normalized spacial score (nSPS) is 11.9. The molecule has 0 amide bonds. The third kappa shape index (κ3) is 12.8. The average molecular weight is 359 g/mol. The van der Waals surface area contributed by atoms with Crippen molar-refractivity contribution in [2.75, 3.05) is 0 Å². The van der Waals surface area contributed by atoms with Crippen LogP contribution in [0.15, 0.2) is 30.9 Å². The molecule has 0 saturated carbocycles. The van der Waals surface area contributed by atoms with E-state index >= 15 is 0 Å². The first-order valence-corrected chi connectivity index (χ1v) is 6.59. The molecule has 0 aromatic heterocycles. The number of hydrogen-bond donors (Lipinski definition) is 0. The number of allylic oxidation sites excluding steroid dienone is 5. The first kappa shape index (κ1) is 14.6. The van der Waals surface area contributed by atoms with Crippen LogP contribution in [0.3, 0.4) is 0 Å². The van der Waals surface area contributed by atoms with Crippen LogP contribution in [-0.4, -0.2) is 8.80 Å². The number of hydrogen-bond acceptors (Lipinski definition) is 0. The minimum atomic E-state index is -0.00360. The summed E-state index contributed by atoms with van der Waals surface area (Å²) < 4.78 is 0. The third-order valence-corrected chi connectivity index (χ3v) is 2.24. The van der Waals surface area contributed by atoms with Gasteiger partial charge in [0.2, 0.25) is 0 Å². The smallest absolute Gasteiger partial charge is 0.0452 e. The van der Waals surface area contributed by atoms with Crippen LogP contribution in [0.25, 0.3) is 0 Å². The van der Waals surface area contributed by atoms with Crippen molar-refractivity contribution in [3.8, 4) is 0 Å². The fourth-order valence-electron chi connectivity index (χ4n) is 0.629. The van der Waals surface area contributed by atoms with Crippen LogP contribution in [0.5, 0.6) is 0 Å². The Kier molecular flexibility index (Phi) is 13.6. The van der Waals surface area contributed by atoms with Crippen LogP contribution in [0.2, 0.25) is 19.1 Å². The maximum absolute atomic E-state index is 3.63. The van der Waals surface area contributed by atoms with E-state index in [1.54, 1.807) is 0 Å². The van der Waals surface area contributed by atoms with E-state index in [0.29, 0.717) is 0 Å². The summed E-state index contributed by atoms with van der Waals surface area (Å²) in [4.78, 5) is 0. The van der Waals surface area contributed by atoms with Crippen molar-refractivity contribution in [1.29, 1.82) is 0 Å². The second kappa shape index (κ2) is 11.1. The Morgan fingerprint density at radius 2 is 2.25 bits per heavy atom. The number of rotatable bonds is 2. The minimum absolute atomic E-state index is 0. The molecule has 0 heterocycles. The van der Waals surface area contributed by atoms with Crippen LogP contribution < -0.4 is 0 Å². The van der Waals surface area contributed by atoms with E-state index < -0.39 is 0 Å². The fraction of sp³-hybridized carbons (Fsp3) is 0.400. The van der Waals surface area contributed by atoms with Gasteiger partial charge in [-0.05, 0) is 6.04 Å². The van der Waals surface area contributed by atoms with Gasteiger partial charge in [-0.3, -0.25) is 6.08 Å². The Hall–Kier alpha value is 0.125. The molecule has 0 N–H and O–H groups in total. The summed E-state index contributed by atoms with van der Waals surface area (Å²) in [5, 5.41) is 0. The second-order valence-corrected chi connectivity index (χ2v) is 5.53. The van der Waals surface area contributed by atoms with E-state index in [4.69, 9.17) is 0 Å². The van der Waals surface area contributed by atoms with E-state index in [0.717, 1.165) is 6.42 Å². The van der Waals surface area contributed by atoms with Gasteiger partial charge in [0.1, 0.15) is 0 Å². The molecule has 1 rings (SSSR count). The van der Waals surface area contributed by atoms with Gasteiger partial charge >= 0.3 is 0 Å². The standard InChI is InChI=1S/C5H11Si.C5H5.Pt/c1-4-5-6(2)3;1-2-4-5-3-1;/h4H,1,5H2,2-3H3;1-3H,4H2;/q;-1;. The molecule has 1 radical (unpaired) electrons. The largest absolute Gasteiger partial charge is 0.273 e. The van der Waals surface area contributed by atoms with Crippen molar-refractivity contribution < 1.29 is 21.1 Å². The van der Waals surface area contributed by atoms with Crippen molar-refractivity contribution in [2.45, 2.75) is 25.6 Å². The van der Waals surface area contributed by atoms with Crippen molar-refractivity contribution >= 4 is 8.80 Å². The topological polar surface area (TPSA) is 0 Å². The van der Waals surface area contributed by atoms with Gasteiger partial charge in [0, 0.05) is 29.9 Å². The molecule has 2 heteroatoms. The molecule has 0 aliphatic heterocycles. The zero-order valence-corrected chi connectivity index (χ0v) is 11.0. The van der Waals surface area contributed by atoms with Crippen molar-refractivity contribution in [3.05, 3.63) is 37.0 Å². The zero-order chi connectivity index (χ0) is 8.53. The Bertz CT molecular complexity index is 138. The third-order valence-electron chi connectivity index (χ3n) is 1.14. The second-order valence-electron chi connectivity index (χ2n) is 2.70. The quantitative estimate of drug-likeness (QED) is 0.403. The van der Waals surface area contributed by atoms with E-state index in [1.165, 1.54) is 6.04 Å². The van der Waals surface area contributed by atoms with E-state index in [1.807, 2.05) is 18.2 Å². The van der Waals surface area contributed by atoms with Crippen LogP contribution >= 0.6 is 0 Å². The van der Waals surface area contributed by atoms with Gasteiger partial charge in [-0.15, -0.1) is 13.0 Å². The monoisotopic (exact) mass is 359 g/mol. The van der Waals surface area contributed by atoms with Gasteiger partial charge < -0.3 is 0 Å². The molecule has 1 aliphatic carbocycles. The molecule has 0 atom stereocenters. The first-order chi connectivity index (χ1) is 5.27. The van der Waals surface area contributed by atoms with Crippen LogP contribution in [0, 0.1) is 6.08 Å². The molecule has 0 unspecified atom stereocenters. The predicted molar refractivity (Wildman–Crippen MR) is 54.1 cm³/mol. The molecule has 0 aromatic carbocycles. The maximum atomic E-state index is 3.63. The van der Waals surface area contributed by atoms with Crippen LogP contribution in [-0.2, 0) is 21.1 Å². The van der Waals surface area contributed by atoms with Gasteiger partial charge in [-0.1, -0.05) is 19.2 Å². The van der Waals surface area contributed by atoms with E-state index in [-0.39, 0.29) is 29.9 Å². The molecule has 71 valence electrons. The SMILES string of the molecule is C=CC[Si](C)C.[C-]1=CC=CC1.[Pt]. The Labute approximate surface area is 92.3 Å². The zero-order valence-electron chi connectivity index (χ0n) is 7.75. The molecule has 0 nitrogen and oxygen atoms in total. The summed E-state index contributed by atoms with van der Waals surface area (Å²) in [5.41, 5.74) is 0. The molecule has 0 spiro atoms. The van der Waals surface area contributed by atoms with Gasteiger partial charge in [-0.25, -0.2) is 12.2 Å². The molecule has 0 aromatic rings. The molecular weight excluding hydrogens is 343 g/mol. The van der Waals surface area contributed by atoms with Gasteiger partial charge in [0.05, 0.1) is 0 Å². The van der Waals surface area contributed by atoms with Gasteiger partial charge in [0.15, 0.2) is 0 Å². The summed E-state index contributed by atoms with van der Waals surface area (Å²) in [5.74, 6) is 0. The summed E-state index contributed by atoms with van der Waals surface area (Å²) in [6, 6.07) is 1.24. The van der Waals surface area contributed by atoms with Gasteiger partial charge in [-0.2, -0.15) is 6.08 Å². The van der Waals surface area contributed by atoms with Crippen molar-refractivity contribution in [2.24, 2.45) is 0 Å². The molecular formula is C10H16PtSi-. The molecule has 12 heavy (non-hydrogen) atoms. The first-order valence-electron chi connectivity index (χ1n) is 3.89. The van der Waals surface area contributed by atoms with Crippen LogP contribution in [0.1, 0.15) is 6.42 Å². The average Bonchev–Trinajstić information content (AvgIpc) is 2.41. The summed E-state index contributed by atoms with van der Waals surface area (Å²) in [6.45, 7) is 8.19. The minimum Gasteiger partial charge on any atom is -0.273 e. The van der Waals surface area contributed by atoms with Crippen molar-refractivity contribution in [1.82, 2.24) is 0 Å². The Morgan fingerprint density at radius 3 is 2.33 bits per heavy atom. The Balaban J connectivity index is 0. The fourth-order valence-corrected chi connectivity index (χ4v) is 1.21. The molecule has 0 fully saturated rings. The van der Waals surface area contributed by atoms with Gasteiger partial charge in [0.25, 0.3) is 0 Å². The molecule has 0 saturated heterocycles. The predicted octanol–water partition coefficient (Wildman–Crippen LogP) is 3.23. The van der Waals surface area contributed by atoms with Crippen LogP contribution in [0.4, 0.5) is 0 Å².